The van der Waals surface area contributed by atoms with Crippen LogP contribution < -0.4 is 0 Å². The summed E-state index contributed by atoms with van der Waals surface area (Å²) in [6.45, 7) is 2.28. The van der Waals surface area contributed by atoms with E-state index in [2.05, 4.69) is 36.2 Å². The molecule has 2 aromatic carbocycles. The van der Waals surface area contributed by atoms with Crippen molar-refractivity contribution < 1.29 is 0 Å². The standard InChI is InChI=1S/C22H28ClN/c1-2-3-4-5-6-7-8-9-10-17-11-14-21-20(15-17)19-13-12-18(23)16-22(19)24-21/h11-16,24H,2-10H2,1H3. The summed E-state index contributed by atoms with van der Waals surface area (Å²) in [6.07, 6.45) is 12.2. The Morgan fingerprint density at radius 3 is 2.29 bits per heavy atom. The number of nitrogens with one attached hydrogen (secondary N) is 1. The molecule has 0 atom stereocenters. The van der Waals surface area contributed by atoms with Gasteiger partial charge in [0.1, 0.15) is 0 Å². The lowest BCUT2D eigenvalue weighted by molar-refractivity contribution is 0.575. The third-order valence-corrected chi connectivity index (χ3v) is 5.18. The van der Waals surface area contributed by atoms with Crippen molar-refractivity contribution in [1.82, 2.24) is 4.98 Å². The minimum absolute atomic E-state index is 0.785. The van der Waals surface area contributed by atoms with Crippen LogP contribution in [-0.2, 0) is 6.42 Å². The van der Waals surface area contributed by atoms with E-state index in [4.69, 9.17) is 11.6 Å². The first-order chi connectivity index (χ1) is 11.8. The molecule has 0 aliphatic heterocycles. The van der Waals surface area contributed by atoms with Gasteiger partial charge in [0.05, 0.1) is 0 Å². The van der Waals surface area contributed by atoms with Crippen LogP contribution in [0.25, 0.3) is 21.8 Å². The first-order valence-corrected chi connectivity index (χ1v) is 9.85. The first kappa shape index (κ1) is 17.4. The molecule has 2 heteroatoms. The zero-order valence-corrected chi connectivity index (χ0v) is 15.5. The Bertz CT molecular complexity index is 787. The van der Waals surface area contributed by atoms with Crippen LogP contribution in [0.1, 0.15) is 63.9 Å². The topological polar surface area (TPSA) is 15.8 Å². The molecule has 3 aromatic rings. The van der Waals surface area contributed by atoms with E-state index in [0.29, 0.717) is 0 Å². The van der Waals surface area contributed by atoms with Gasteiger partial charge in [-0.1, -0.05) is 75.6 Å². The second-order valence-electron chi connectivity index (χ2n) is 6.92. The van der Waals surface area contributed by atoms with Crippen molar-refractivity contribution in [3.05, 3.63) is 47.0 Å². The Balaban J connectivity index is 1.55. The second-order valence-corrected chi connectivity index (χ2v) is 7.36. The molecule has 1 N–H and O–H groups in total. The van der Waals surface area contributed by atoms with E-state index in [9.17, 15) is 0 Å². The van der Waals surface area contributed by atoms with Crippen LogP contribution in [0.4, 0.5) is 0 Å². The lowest BCUT2D eigenvalue weighted by Gasteiger charge is -2.03. The van der Waals surface area contributed by atoms with Gasteiger partial charge in [-0.3, -0.25) is 0 Å². The van der Waals surface area contributed by atoms with Crippen LogP contribution in [-0.4, -0.2) is 4.98 Å². The molecule has 0 fully saturated rings. The van der Waals surface area contributed by atoms with Crippen LogP contribution in [0.2, 0.25) is 5.02 Å². The maximum absolute atomic E-state index is 6.10. The van der Waals surface area contributed by atoms with E-state index in [1.165, 1.54) is 79.6 Å². The number of fused-ring (bicyclic) bond motifs is 3. The van der Waals surface area contributed by atoms with Gasteiger partial charge in [-0.25, -0.2) is 0 Å². The van der Waals surface area contributed by atoms with E-state index in [1.54, 1.807) is 0 Å². The normalized spacial score (nSPS) is 11.6. The molecule has 3 rings (SSSR count). The largest absolute Gasteiger partial charge is 0.354 e. The van der Waals surface area contributed by atoms with Gasteiger partial charge in [0.2, 0.25) is 0 Å². The Morgan fingerprint density at radius 2 is 1.50 bits per heavy atom. The van der Waals surface area contributed by atoms with Crippen molar-refractivity contribution in [3.63, 3.8) is 0 Å². The number of halogens is 1. The molecular formula is C22H28ClN. The second kappa shape index (κ2) is 8.58. The number of hydrogen-bond donors (Lipinski definition) is 1. The Kier molecular flexibility index (Phi) is 6.20. The number of benzene rings is 2. The van der Waals surface area contributed by atoms with Gasteiger partial charge in [-0.05, 0) is 42.7 Å². The monoisotopic (exact) mass is 341 g/mol. The highest BCUT2D eigenvalue weighted by Crippen LogP contribution is 2.28. The van der Waals surface area contributed by atoms with Gasteiger partial charge < -0.3 is 4.98 Å². The maximum atomic E-state index is 6.10. The predicted molar refractivity (Wildman–Crippen MR) is 107 cm³/mol. The number of rotatable bonds is 9. The third-order valence-electron chi connectivity index (χ3n) is 4.94. The van der Waals surface area contributed by atoms with Crippen molar-refractivity contribution >= 4 is 33.4 Å². The molecule has 128 valence electrons. The fraction of sp³-hybridized carbons (Fsp3) is 0.455. The summed E-state index contributed by atoms with van der Waals surface area (Å²) in [5.74, 6) is 0. The number of aryl methyl sites for hydroxylation is 1. The average Bonchev–Trinajstić information content (AvgIpc) is 2.94. The van der Waals surface area contributed by atoms with Crippen LogP contribution >= 0.6 is 11.6 Å². The molecule has 0 saturated heterocycles. The van der Waals surface area contributed by atoms with Gasteiger partial charge in [-0.2, -0.15) is 0 Å². The first-order valence-electron chi connectivity index (χ1n) is 9.48. The minimum atomic E-state index is 0.785. The summed E-state index contributed by atoms with van der Waals surface area (Å²) in [7, 11) is 0. The number of H-pyrrole nitrogens is 1. The van der Waals surface area contributed by atoms with E-state index >= 15 is 0 Å². The van der Waals surface area contributed by atoms with Gasteiger partial charge in [-0.15, -0.1) is 0 Å². The third kappa shape index (κ3) is 4.33. The highest BCUT2D eigenvalue weighted by Gasteiger charge is 2.05. The van der Waals surface area contributed by atoms with Gasteiger partial charge >= 0.3 is 0 Å². The van der Waals surface area contributed by atoms with Crippen molar-refractivity contribution in [1.29, 1.82) is 0 Å². The van der Waals surface area contributed by atoms with Gasteiger partial charge in [0, 0.05) is 26.8 Å². The molecule has 24 heavy (non-hydrogen) atoms. The SMILES string of the molecule is CCCCCCCCCCc1ccc2[nH]c3cc(Cl)ccc3c2c1. The lowest BCUT2D eigenvalue weighted by Crippen LogP contribution is -1.86. The summed E-state index contributed by atoms with van der Waals surface area (Å²) in [4.78, 5) is 3.46. The maximum Gasteiger partial charge on any atom is 0.0479 e. The summed E-state index contributed by atoms with van der Waals surface area (Å²) in [6, 6.07) is 12.9. The average molecular weight is 342 g/mol. The molecule has 0 aliphatic carbocycles. The quantitative estimate of drug-likeness (QED) is 0.384. The molecular weight excluding hydrogens is 314 g/mol. The minimum Gasteiger partial charge on any atom is -0.354 e. The van der Waals surface area contributed by atoms with E-state index in [-0.39, 0.29) is 0 Å². The molecule has 0 saturated carbocycles. The number of aromatic amines is 1. The summed E-state index contributed by atoms with van der Waals surface area (Å²) < 4.78 is 0. The van der Waals surface area contributed by atoms with E-state index in [0.717, 1.165) is 10.5 Å². The summed E-state index contributed by atoms with van der Waals surface area (Å²) in [5.41, 5.74) is 3.78. The van der Waals surface area contributed by atoms with Crippen LogP contribution in [0.15, 0.2) is 36.4 Å². The highest BCUT2D eigenvalue weighted by atomic mass is 35.5. The van der Waals surface area contributed by atoms with Crippen molar-refractivity contribution in [2.24, 2.45) is 0 Å². The molecule has 1 heterocycles. The van der Waals surface area contributed by atoms with Crippen molar-refractivity contribution in [3.8, 4) is 0 Å². The molecule has 0 radical (unpaired) electrons. The van der Waals surface area contributed by atoms with Crippen molar-refractivity contribution in [2.45, 2.75) is 64.7 Å². The number of unbranched alkanes of at least 4 members (excludes halogenated alkanes) is 7. The van der Waals surface area contributed by atoms with Crippen LogP contribution in [0.5, 0.6) is 0 Å². The number of hydrogen-bond acceptors (Lipinski definition) is 0. The Labute approximate surface area is 150 Å². The molecule has 0 bridgehead atoms. The fourth-order valence-electron chi connectivity index (χ4n) is 3.54. The zero-order chi connectivity index (χ0) is 16.8. The predicted octanol–water partition coefficient (Wildman–Crippen LogP) is 7.66. The number of aromatic nitrogens is 1. The van der Waals surface area contributed by atoms with Crippen LogP contribution in [0, 0.1) is 0 Å². The smallest absolute Gasteiger partial charge is 0.0479 e. The molecule has 0 unspecified atom stereocenters. The van der Waals surface area contributed by atoms with E-state index < -0.39 is 0 Å². The zero-order valence-electron chi connectivity index (χ0n) is 14.7. The van der Waals surface area contributed by atoms with Crippen molar-refractivity contribution in [2.75, 3.05) is 0 Å². The molecule has 1 nitrogen and oxygen atoms in total. The summed E-state index contributed by atoms with van der Waals surface area (Å²) in [5, 5.41) is 3.37. The fourth-order valence-corrected chi connectivity index (χ4v) is 3.71. The van der Waals surface area contributed by atoms with E-state index in [1.807, 2.05) is 12.1 Å². The Hall–Kier alpha value is -1.47. The lowest BCUT2D eigenvalue weighted by atomic mass is 10.0. The molecule has 1 aromatic heterocycles. The van der Waals surface area contributed by atoms with Crippen LogP contribution in [0.3, 0.4) is 0 Å². The van der Waals surface area contributed by atoms with Gasteiger partial charge in [0.15, 0.2) is 0 Å². The highest BCUT2D eigenvalue weighted by molar-refractivity contribution is 6.31. The van der Waals surface area contributed by atoms with Gasteiger partial charge in [0.25, 0.3) is 0 Å². The molecule has 0 spiro atoms. The summed E-state index contributed by atoms with van der Waals surface area (Å²) >= 11 is 6.10. The molecule has 0 amide bonds. The Morgan fingerprint density at radius 1 is 0.750 bits per heavy atom. The molecule has 0 aliphatic rings.